The zero-order chi connectivity index (χ0) is 14.5. The summed E-state index contributed by atoms with van der Waals surface area (Å²) in [5.41, 5.74) is 0. The molecule has 1 rings (SSSR count). The Hall–Kier alpha value is -0.660. The summed E-state index contributed by atoms with van der Waals surface area (Å²) in [5, 5.41) is 0. The van der Waals surface area contributed by atoms with Gasteiger partial charge in [0.25, 0.3) is 10.2 Å². The van der Waals surface area contributed by atoms with Crippen LogP contribution in [-0.2, 0) is 19.7 Å². The normalized spacial score (nSPS) is 16.1. The predicted molar refractivity (Wildman–Crippen MR) is 72.8 cm³/mol. The molecule has 0 aliphatic heterocycles. The van der Waals surface area contributed by atoms with E-state index in [2.05, 4.69) is 4.74 Å². The quantitative estimate of drug-likeness (QED) is 0.594. The molecule has 7 heteroatoms. The van der Waals surface area contributed by atoms with Crippen molar-refractivity contribution in [2.24, 2.45) is 0 Å². The van der Waals surface area contributed by atoms with Crippen LogP contribution in [0, 0.1) is 0 Å². The molecule has 1 aliphatic rings. The molecule has 0 N–H and O–H groups in total. The molecule has 1 saturated carbocycles. The van der Waals surface area contributed by atoms with Crippen LogP contribution in [0.3, 0.4) is 0 Å². The number of ether oxygens (including phenoxy) is 1. The van der Waals surface area contributed by atoms with Crippen molar-refractivity contribution in [2.45, 2.75) is 45.1 Å². The number of rotatable bonds is 9. The number of esters is 1. The van der Waals surface area contributed by atoms with Gasteiger partial charge in [-0.2, -0.15) is 17.0 Å². The first kappa shape index (κ1) is 16.4. The number of unbranched alkanes of at least 4 members (excludes halogenated alkanes) is 1. The minimum absolute atomic E-state index is 0.0819. The van der Waals surface area contributed by atoms with Crippen molar-refractivity contribution in [1.29, 1.82) is 0 Å². The first-order valence-corrected chi connectivity index (χ1v) is 8.13. The Bertz CT molecular complexity index is 393. The molecule has 0 atom stereocenters. The molecule has 112 valence electrons. The van der Waals surface area contributed by atoms with Crippen molar-refractivity contribution in [1.82, 2.24) is 8.61 Å². The molecule has 19 heavy (non-hydrogen) atoms. The molecule has 1 aliphatic carbocycles. The Morgan fingerprint density at radius 2 is 1.95 bits per heavy atom. The minimum Gasteiger partial charge on any atom is -0.469 e. The van der Waals surface area contributed by atoms with Gasteiger partial charge in [-0.25, -0.2) is 0 Å². The summed E-state index contributed by atoms with van der Waals surface area (Å²) in [4.78, 5) is 11.1. The molecule has 0 aromatic carbocycles. The Labute approximate surface area is 115 Å². The lowest BCUT2D eigenvalue weighted by Crippen LogP contribution is -2.44. The maximum absolute atomic E-state index is 12.4. The van der Waals surface area contributed by atoms with E-state index in [1.54, 1.807) is 4.31 Å². The van der Waals surface area contributed by atoms with Crippen LogP contribution in [-0.4, -0.2) is 56.3 Å². The zero-order valence-corrected chi connectivity index (χ0v) is 12.8. The molecule has 0 aromatic heterocycles. The largest absolute Gasteiger partial charge is 0.469 e. The minimum atomic E-state index is -3.46. The third-order valence-electron chi connectivity index (χ3n) is 3.23. The molecule has 1 fully saturated rings. The highest BCUT2D eigenvalue weighted by atomic mass is 32.2. The van der Waals surface area contributed by atoms with Crippen LogP contribution in [0.2, 0.25) is 0 Å². The van der Waals surface area contributed by atoms with Crippen LogP contribution in [0.15, 0.2) is 0 Å². The van der Waals surface area contributed by atoms with Crippen LogP contribution in [0.5, 0.6) is 0 Å². The highest BCUT2D eigenvalue weighted by molar-refractivity contribution is 7.86. The first-order valence-electron chi connectivity index (χ1n) is 6.73. The van der Waals surface area contributed by atoms with E-state index in [-0.39, 0.29) is 19.0 Å². The Morgan fingerprint density at radius 1 is 1.32 bits per heavy atom. The van der Waals surface area contributed by atoms with Crippen molar-refractivity contribution >= 4 is 16.2 Å². The standard InChI is InChI=1S/C12H24N2O4S/c1-4-5-9-14(11-6-7-11)19(16,17)13(2)10-8-12(15)18-3/h11H,4-10H2,1-3H3. The van der Waals surface area contributed by atoms with E-state index in [9.17, 15) is 13.2 Å². The maximum Gasteiger partial charge on any atom is 0.306 e. The lowest BCUT2D eigenvalue weighted by atomic mass is 10.3. The van der Waals surface area contributed by atoms with Gasteiger partial charge in [0.1, 0.15) is 0 Å². The highest BCUT2D eigenvalue weighted by Gasteiger charge is 2.38. The van der Waals surface area contributed by atoms with E-state index in [4.69, 9.17) is 0 Å². The van der Waals surface area contributed by atoms with Crippen molar-refractivity contribution in [3.8, 4) is 0 Å². The Kier molecular flexibility index (Phi) is 6.22. The van der Waals surface area contributed by atoms with Gasteiger partial charge in [-0.05, 0) is 19.3 Å². The summed E-state index contributed by atoms with van der Waals surface area (Å²) in [6.45, 7) is 2.76. The fourth-order valence-electron chi connectivity index (χ4n) is 1.81. The summed E-state index contributed by atoms with van der Waals surface area (Å²) < 4.78 is 32.2. The van der Waals surface area contributed by atoms with E-state index >= 15 is 0 Å². The van der Waals surface area contributed by atoms with Crippen molar-refractivity contribution in [2.75, 3.05) is 27.2 Å². The number of hydrogen-bond acceptors (Lipinski definition) is 4. The van der Waals surface area contributed by atoms with Gasteiger partial charge in [0.05, 0.1) is 13.5 Å². The topological polar surface area (TPSA) is 66.9 Å². The fourth-order valence-corrected chi connectivity index (χ4v) is 3.44. The summed E-state index contributed by atoms with van der Waals surface area (Å²) in [6, 6.07) is 0.150. The van der Waals surface area contributed by atoms with Crippen LogP contribution in [0.25, 0.3) is 0 Å². The van der Waals surface area contributed by atoms with Gasteiger partial charge in [-0.3, -0.25) is 4.79 Å². The second-order valence-electron chi connectivity index (χ2n) is 4.85. The maximum atomic E-state index is 12.4. The van der Waals surface area contributed by atoms with Crippen LogP contribution in [0.4, 0.5) is 0 Å². The molecule has 0 bridgehead atoms. The highest BCUT2D eigenvalue weighted by Crippen LogP contribution is 2.30. The third-order valence-corrected chi connectivity index (χ3v) is 5.28. The lowest BCUT2D eigenvalue weighted by molar-refractivity contribution is -0.140. The summed E-state index contributed by atoms with van der Waals surface area (Å²) in [7, 11) is -0.641. The molecule has 0 saturated heterocycles. The van der Waals surface area contributed by atoms with Gasteiger partial charge in [-0.15, -0.1) is 0 Å². The third kappa shape index (κ3) is 4.74. The summed E-state index contributed by atoms with van der Waals surface area (Å²) in [5.74, 6) is -0.395. The van der Waals surface area contributed by atoms with E-state index in [1.165, 1.54) is 18.5 Å². The summed E-state index contributed by atoms with van der Waals surface area (Å²) >= 11 is 0. The molecule has 0 radical (unpaired) electrons. The van der Waals surface area contributed by atoms with Crippen LogP contribution in [0.1, 0.15) is 39.0 Å². The van der Waals surface area contributed by atoms with E-state index in [0.717, 1.165) is 25.7 Å². The molecule has 0 amide bonds. The number of nitrogens with zero attached hydrogens (tertiary/aromatic N) is 2. The molecule has 0 unspecified atom stereocenters. The fraction of sp³-hybridized carbons (Fsp3) is 0.917. The second-order valence-corrected chi connectivity index (χ2v) is 6.84. The smallest absolute Gasteiger partial charge is 0.306 e. The monoisotopic (exact) mass is 292 g/mol. The Morgan fingerprint density at radius 3 is 2.42 bits per heavy atom. The van der Waals surface area contributed by atoms with Gasteiger partial charge in [0.15, 0.2) is 0 Å². The number of hydrogen-bond donors (Lipinski definition) is 0. The average molecular weight is 292 g/mol. The Balaban J connectivity index is 2.61. The van der Waals surface area contributed by atoms with Gasteiger partial charge in [-0.1, -0.05) is 13.3 Å². The van der Waals surface area contributed by atoms with E-state index in [0.29, 0.717) is 6.54 Å². The van der Waals surface area contributed by atoms with Crippen LogP contribution < -0.4 is 0 Å². The molecule has 0 spiro atoms. The molecule has 0 heterocycles. The first-order chi connectivity index (χ1) is 8.93. The van der Waals surface area contributed by atoms with Gasteiger partial charge in [0.2, 0.25) is 0 Å². The van der Waals surface area contributed by atoms with Crippen LogP contribution >= 0.6 is 0 Å². The van der Waals surface area contributed by atoms with Crippen molar-refractivity contribution < 1.29 is 17.9 Å². The lowest BCUT2D eigenvalue weighted by Gasteiger charge is -2.27. The van der Waals surface area contributed by atoms with Crippen molar-refractivity contribution in [3.05, 3.63) is 0 Å². The van der Waals surface area contributed by atoms with Gasteiger partial charge < -0.3 is 4.74 Å². The molecule has 0 aromatic rings. The predicted octanol–water partition coefficient (Wildman–Crippen LogP) is 0.991. The number of methoxy groups -OCH3 is 1. The molecular weight excluding hydrogens is 268 g/mol. The van der Waals surface area contributed by atoms with Crippen molar-refractivity contribution in [3.63, 3.8) is 0 Å². The van der Waals surface area contributed by atoms with Gasteiger partial charge >= 0.3 is 5.97 Å². The average Bonchev–Trinajstić information content (AvgIpc) is 3.20. The SMILES string of the molecule is CCCCN(C1CC1)S(=O)(=O)N(C)CCC(=O)OC. The molecule has 6 nitrogen and oxygen atoms in total. The number of carbonyl (C=O) groups excluding carboxylic acids is 1. The van der Waals surface area contributed by atoms with E-state index in [1.807, 2.05) is 6.92 Å². The second kappa shape index (κ2) is 7.21. The van der Waals surface area contributed by atoms with E-state index < -0.39 is 16.2 Å². The molecular formula is C12H24N2O4S. The van der Waals surface area contributed by atoms with Gasteiger partial charge in [0, 0.05) is 26.2 Å². The zero-order valence-electron chi connectivity index (χ0n) is 12.0. The summed E-state index contributed by atoms with van der Waals surface area (Å²) in [6.07, 6.45) is 3.78. The number of carbonyl (C=O) groups is 1.